The molecule has 4 rings (SSSR count). The Hall–Kier alpha value is -3.71. The Morgan fingerprint density at radius 2 is 1.87 bits per heavy atom. The fourth-order valence-electron chi connectivity index (χ4n) is 3.42. The van der Waals surface area contributed by atoms with Crippen molar-refractivity contribution in [1.82, 2.24) is 0 Å². The first-order valence-electron chi connectivity index (χ1n) is 8.89. The molecule has 1 aromatic heterocycles. The van der Waals surface area contributed by atoms with Gasteiger partial charge in [0.2, 0.25) is 5.78 Å². The number of phenols is 1. The number of aliphatic hydroxyl groups excluding tert-OH is 1. The van der Waals surface area contributed by atoms with E-state index in [1.807, 2.05) is 0 Å². The number of hydrogen-bond donors (Lipinski definition) is 2. The molecule has 2 aromatic carbocycles. The Kier molecular flexibility index (Phi) is 4.97. The average Bonchev–Trinajstić information content (AvgIpc) is 3.36. The maximum atomic E-state index is 13.1. The minimum absolute atomic E-state index is 0.0114. The van der Waals surface area contributed by atoms with E-state index in [9.17, 15) is 19.8 Å². The lowest BCUT2D eigenvalue weighted by Gasteiger charge is -2.27. The van der Waals surface area contributed by atoms with E-state index in [-0.39, 0.29) is 22.1 Å². The molecule has 0 spiro atoms. The van der Waals surface area contributed by atoms with E-state index in [1.165, 1.54) is 48.6 Å². The summed E-state index contributed by atoms with van der Waals surface area (Å²) in [6.07, 6.45) is 1.33. The van der Waals surface area contributed by atoms with E-state index >= 15 is 0 Å². The highest BCUT2D eigenvalue weighted by Crippen LogP contribution is 2.43. The van der Waals surface area contributed by atoms with Crippen molar-refractivity contribution in [1.29, 1.82) is 0 Å². The number of methoxy groups -OCH3 is 1. The van der Waals surface area contributed by atoms with Crippen LogP contribution in [0, 0.1) is 0 Å². The molecule has 8 heteroatoms. The lowest BCUT2D eigenvalue weighted by molar-refractivity contribution is -0.117. The Morgan fingerprint density at radius 3 is 2.47 bits per heavy atom. The molecule has 1 aliphatic heterocycles. The second kappa shape index (κ2) is 7.61. The number of nitrogens with zero attached hydrogens (tertiary/aromatic N) is 1. The maximum absolute atomic E-state index is 13.1. The van der Waals surface area contributed by atoms with Gasteiger partial charge in [0.05, 0.1) is 30.0 Å². The predicted octanol–water partition coefficient (Wildman–Crippen LogP) is 4.43. The molecule has 2 heterocycles. The quantitative estimate of drug-likeness (QED) is 0.586. The third-order valence-corrected chi connectivity index (χ3v) is 5.12. The van der Waals surface area contributed by atoms with Crippen LogP contribution in [0.1, 0.15) is 22.2 Å². The fourth-order valence-corrected chi connectivity index (χ4v) is 3.67. The van der Waals surface area contributed by atoms with Gasteiger partial charge in [0.1, 0.15) is 11.5 Å². The normalized spacial score (nSPS) is 16.3. The number of carbonyl (C=O) groups is 2. The number of rotatable bonds is 5. The van der Waals surface area contributed by atoms with Crippen molar-refractivity contribution >= 4 is 29.0 Å². The van der Waals surface area contributed by atoms with Crippen molar-refractivity contribution < 1.29 is 29.0 Å². The number of ketones is 1. The first kappa shape index (κ1) is 19.6. The number of halogens is 1. The fraction of sp³-hybridized carbons (Fsp3) is 0.0909. The third-order valence-electron chi connectivity index (χ3n) is 4.82. The molecule has 0 radical (unpaired) electrons. The molecular weight excluding hydrogens is 410 g/mol. The number of phenolic OH excluding ortho intramolecular Hbond substituents is 1. The minimum atomic E-state index is -0.958. The average molecular weight is 426 g/mol. The number of carbonyl (C=O) groups excluding carboxylic acids is 2. The standard InChI is InChI=1S/C22H16ClNO6/c1-29-16-9-6-13(11-15(16)23)24-19(12-4-7-14(25)8-5-12)18(21(27)22(24)28)20(26)17-3-2-10-30-17/h2-11,19,25,27H,1H3. The second-order valence-corrected chi connectivity index (χ2v) is 6.96. The van der Waals surface area contributed by atoms with Gasteiger partial charge in [0.15, 0.2) is 11.5 Å². The number of hydrogen-bond acceptors (Lipinski definition) is 6. The summed E-state index contributed by atoms with van der Waals surface area (Å²) in [4.78, 5) is 27.4. The first-order valence-corrected chi connectivity index (χ1v) is 9.27. The van der Waals surface area contributed by atoms with Gasteiger partial charge < -0.3 is 19.4 Å². The molecule has 1 aliphatic rings. The monoisotopic (exact) mass is 425 g/mol. The summed E-state index contributed by atoms with van der Waals surface area (Å²) >= 11 is 6.23. The Labute approximate surface area is 176 Å². The number of ether oxygens (including phenoxy) is 1. The van der Waals surface area contributed by atoms with Crippen molar-refractivity contribution in [2.75, 3.05) is 12.0 Å². The number of amides is 1. The van der Waals surface area contributed by atoms with Gasteiger partial charge in [0.25, 0.3) is 5.91 Å². The highest BCUT2D eigenvalue weighted by Gasteiger charge is 2.45. The third kappa shape index (κ3) is 3.19. The molecule has 30 heavy (non-hydrogen) atoms. The summed E-state index contributed by atoms with van der Waals surface area (Å²) in [6.45, 7) is 0. The Balaban J connectivity index is 1.87. The van der Waals surface area contributed by atoms with E-state index < -0.39 is 23.5 Å². The topological polar surface area (TPSA) is 100 Å². The van der Waals surface area contributed by atoms with Gasteiger partial charge in [-0.25, -0.2) is 0 Å². The molecule has 1 unspecified atom stereocenters. The van der Waals surface area contributed by atoms with E-state index in [0.29, 0.717) is 17.0 Å². The second-order valence-electron chi connectivity index (χ2n) is 6.56. The van der Waals surface area contributed by atoms with Crippen LogP contribution in [0.25, 0.3) is 0 Å². The van der Waals surface area contributed by atoms with Gasteiger partial charge >= 0.3 is 0 Å². The van der Waals surface area contributed by atoms with Gasteiger partial charge in [-0.1, -0.05) is 23.7 Å². The van der Waals surface area contributed by atoms with E-state index in [1.54, 1.807) is 24.3 Å². The van der Waals surface area contributed by atoms with E-state index in [0.717, 1.165) is 0 Å². The van der Waals surface area contributed by atoms with Crippen molar-refractivity contribution in [3.63, 3.8) is 0 Å². The van der Waals surface area contributed by atoms with Crippen LogP contribution in [0.5, 0.6) is 11.5 Å². The summed E-state index contributed by atoms with van der Waals surface area (Å²) in [5.74, 6) is -1.63. The molecule has 0 saturated heterocycles. The van der Waals surface area contributed by atoms with Gasteiger partial charge in [-0.15, -0.1) is 0 Å². The maximum Gasteiger partial charge on any atom is 0.294 e. The zero-order chi connectivity index (χ0) is 21.4. The van der Waals surface area contributed by atoms with Gasteiger partial charge in [-0.05, 0) is 48.0 Å². The number of benzene rings is 2. The molecule has 1 atom stereocenters. The number of Topliss-reactive ketones (excluding diaryl/α,β-unsaturated/α-hetero) is 1. The summed E-state index contributed by atoms with van der Waals surface area (Å²) in [5.41, 5.74) is 0.734. The number of aromatic hydroxyl groups is 1. The molecule has 3 aromatic rings. The SMILES string of the molecule is COc1ccc(N2C(=O)C(O)=C(C(=O)c3ccco3)C2c2ccc(O)cc2)cc1Cl. The van der Waals surface area contributed by atoms with Crippen LogP contribution in [0.2, 0.25) is 5.02 Å². The lowest BCUT2D eigenvalue weighted by Crippen LogP contribution is -2.31. The molecule has 2 N–H and O–H groups in total. The number of aliphatic hydroxyl groups is 1. The molecule has 152 valence electrons. The zero-order valence-corrected chi connectivity index (χ0v) is 16.5. The van der Waals surface area contributed by atoms with Crippen LogP contribution in [-0.2, 0) is 4.79 Å². The van der Waals surface area contributed by atoms with Crippen LogP contribution in [-0.4, -0.2) is 29.0 Å². The van der Waals surface area contributed by atoms with Crippen LogP contribution >= 0.6 is 11.6 Å². The first-order chi connectivity index (χ1) is 14.4. The largest absolute Gasteiger partial charge is 0.508 e. The summed E-state index contributed by atoms with van der Waals surface area (Å²) in [7, 11) is 1.47. The smallest absolute Gasteiger partial charge is 0.294 e. The predicted molar refractivity (Wildman–Crippen MR) is 109 cm³/mol. The van der Waals surface area contributed by atoms with Crippen molar-refractivity contribution in [2.45, 2.75) is 6.04 Å². The van der Waals surface area contributed by atoms with E-state index in [2.05, 4.69) is 0 Å². The van der Waals surface area contributed by atoms with Gasteiger partial charge in [0, 0.05) is 5.69 Å². The van der Waals surface area contributed by atoms with Crippen molar-refractivity contribution in [3.8, 4) is 11.5 Å². The lowest BCUT2D eigenvalue weighted by atomic mass is 9.94. The minimum Gasteiger partial charge on any atom is -0.508 e. The van der Waals surface area contributed by atoms with Crippen LogP contribution in [0.4, 0.5) is 5.69 Å². The Morgan fingerprint density at radius 1 is 1.13 bits per heavy atom. The van der Waals surface area contributed by atoms with E-state index in [4.69, 9.17) is 20.8 Å². The molecule has 7 nitrogen and oxygen atoms in total. The molecule has 0 fully saturated rings. The zero-order valence-electron chi connectivity index (χ0n) is 15.7. The van der Waals surface area contributed by atoms with Gasteiger partial charge in [-0.3, -0.25) is 14.5 Å². The molecular formula is C22H16ClNO6. The Bertz CT molecular complexity index is 1150. The van der Waals surface area contributed by atoms with Crippen molar-refractivity contribution in [2.24, 2.45) is 0 Å². The summed E-state index contributed by atoms with van der Waals surface area (Å²) < 4.78 is 10.3. The molecule has 0 aliphatic carbocycles. The summed E-state index contributed by atoms with van der Waals surface area (Å²) in [6, 6.07) is 12.7. The number of furan rings is 1. The highest BCUT2D eigenvalue weighted by atomic mass is 35.5. The van der Waals surface area contributed by atoms with Gasteiger partial charge in [-0.2, -0.15) is 0 Å². The molecule has 0 saturated carbocycles. The number of anilines is 1. The van der Waals surface area contributed by atoms with Crippen LogP contribution in [0.3, 0.4) is 0 Å². The highest BCUT2D eigenvalue weighted by molar-refractivity contribution is 6.32. The van der Waals surface area contributed by atoms with Crippen LogP contribution in [0.15, 0.2) is 76.6 Å². The molecule has 1 amide bonds. The molecule has 0 bridgehead atoms. The van der Waals surface area contributed by atoms with Crippen molar-refractivity contribution in [3.05, 3.63) is 88.5 Å². The summed E-state index contributed by atoms with van der Waals surface area (Å²) in [5, 5.41) is 20.5. The van der Waals surface area contributed by atoms with Crippen LogP contribution < -0.4 is 9.64 Å².